The molecule has 2 aliphatic rings. The fraction of sp³-hybridized carbons (Fsp3) is 0.346. The van der Waals surface area contributed by atoms with Gasteiger partial charge in [0.05, 0.1) is 21.7 Å². The lowest BCUT2D eigenvalue weighted by atomic mass is 9.83. The second-order valence-electron chi connectivity index (χ2n) is 8.62. The van der Waals surface area contributed by atoms with Crippen molar-refractivity contribution >= 4 is 41.7 Å². The Hall–Kier alpha value is -3.01. The van der Waals surface area contributed by atoms with Crippen molar-refractivity contribution in [3.63, 3.8) is 0 Å². The summed E-state index contributed by atoms with van der Waals surface area (Å²) in [5.74, 6) is 2.31. The van der Waals surface area contributed by atoms with Crippen molar-refractivity contribution in [3.05, 3.63) is 70.1 Å². The monoisotopic (exact) mass is 525 g/mol. The highest BCUT2D eigenvalue weighted by Crippen LogP contribution is 2.47. The lowest BCUT2D eigenvalue weighted by Gasteiger charge is -2.42. The zero-order chi connectivity index (χ0) is 25.7. The minimum Gasteiger partial charge on any atom is -0.485 e. The molecule has 0 saturated carbocycles. The van der Waals surface area contributed by atoms with Crippen LogP contribution in [0.5, 0.6) is 5.75 Å². The maximum atomic E-state index is 6.70. The molecule has 1 aromatic heterocycles. The van der Waals surface area contributed by atoms with Gasteiger partial charge >= 0.3 is 0 Å². The summed E-state index contributed by atoms with van der Waals surface area (Å²) in [4.78, 5) is 17.4. The third-order valence-electron chi connectivity index (χ3n) is 6.55. The summed E-state index contributed by atoms with van der Waals surface area (Å²) < 4.78 is 6.45. The van der Waals surface area contributed by atoms with E-state index in [1.807, 2.05) is 38.2 Å². The number of para-hydroxylation sites is 1. The Bertz CT molecular complexity index is 1200. The molecule has 1 unspecified atom stereocenters. The third-order valence-corrected chi connectivity index (χ3v) is 8.29. The maximum Gasteiger partial charge on any atom is 0.145 e. The minimum atomic E-state index is -0.412. The number of aromatic nitrogens is 1. The highest BCUT2D eigenvalue weighted by Gasteiger charge is 2.48. The van der Waals surface area contributed by atoms with E-state index in [4.69, 9.17) is 27.1 Å². The fourth-order valence-electron chi connectivity index (χ4n) is 4.51. The lowest BCUT2D eigenvalue weighted by molar-refractivity contribution is 0.0170. The number of aliphatic imine (C=N–C) groups is 2. The Morgan fingerprint density at radius 3 is 2.72 bits per heavy atom. The molecule has 4 rings (SSSR count). The average molecular weight is 526 g/mol. The average Bonchev–Trinajstić information content (AvgIpc) is 3.17. The van der Waals surface area contributed by atoms with Gasteiger partial charge in [0.15, 0.2) is 0 Å². The zero-order valence-corrected chi connectivity index (χ0v) is 22.4. The number of halogens is 1. The van der Waals surface area contributed by atoms with E-state index in [-0.39, 0.29) is 6.04 Å². The number of hydrogen-bond acceptors (Lipinski definition) is 8. The van der Waals surface area contributed by atoms with Gasteiger partial charge in [-0.2, -0.15) is 0 Å². The lowest BCUT2D eigenvalue weighted by Crippen LogP contribution is -2.52. The fourth-order valence-corrected chi connectivity index (χ4v) is 5.86. The predicted molar refractivity (Wildman–Crippen MR) is 150 cm³/mol. The molecule has 1 atom stereocenters. The normalized spacial score (nSPS) is 19.6. The first-order valence-corrected chi connectivity index (χ1v) is 13.0. The Kier molecular flexibility index (Phi) is 8.23. The van der Waals surface area contributed by atoms with Crippen LogP contribution in [0.2, 0.25) is 5.02 Å². The molecule has 190 valence electrons. The molecule has 0 amide bonds. The quantitative estimate of drug-likeness (QED) is 0.271. The summed E-state index contributed by atoms with van der Waals surface area (Å²) in [5, 5.41) is 6.58. The van der Waals surface area contributed by atoms with Crippen LogP contribution in [0.25, 0.3) is 0 Å². The second kappa shape index (κ2) is 11.4. The van der Waals surface area contributed by atoms with Crippen molar-refractivity contribution in [3.8, 4) is 5.75 Å². The number of nitrogens with two attached hydrogens (primary N) is 1. The minimum absolute atomic E-state index is 0.156. The van der Waals surface area contributed by atoms with Crippen molar-refractivity contribution in [1.82, 2.24) is 15.2 Å². The van der Waals surface area contributed by atoms with E-state index in [9.17, 15) is 0 Å². The van der Waals surface area contributed by atoms with Gasteiger partial charge in [0, 0.05) is 69.1 Å². The van der Waals surface area contributed by atoms with Crippen molar-refractivity contribution in [2.24, 2.45) is 15.7 Å². The summed E-state index contributed by atoms with van der Waals surface area (Å²) in [6.07, 6.45) is 6.81. The number of amidine groups is 1. The van der Waals surface area contributed by atoms with E-state index in [0.717, 1.165) is 58.6 Å². The number of fused-ring (bicyclic) bond motifs is 1. The molecule has 0 radical (unpaired) electrons. The van der Waals surface area contributed by atoms with Gasteiger partial charge in [-0.3, -0.25) is 4.99 Å². The number of rotatable bonds is 7. The highest BCUT2D eigenvalue weighted by atomic mass is 35.5. The molecule has 1 saturated heterocycles. The van der Waals surface area contributed by atoms with Crippen LogP contribution in [0, 0.1) is 0 Å². The number of piperidine rings is 1. The van der Waals surface area contributed by atoms with E-state index in [1.54, 1.807) is 25.6 Å². The van der Waals surface area contributed by atoms with Crippen molar-refractivity contribution in [2.45, 2.75) is 36.3 Å². The van der Waals surface area contributed by atoms with E-state index >= 15 is 0 Å². The van der Waals surface area contributed by atoms with Gasteiger partial charge in [-0.1, -0.05) is 41.6 Å². The van der Waals surface area contributed by atoms with Gasteiger partial charge < -0.3 is 26.0 Å². The van der Waals surface area contributed by atoms with Crippen LogP contribution in [0.3, 0.4) is 0 Å². The van der Waals surface area contributed by atoms with Crippen LogP contribution >= 0.6 is 23.4 Å². The zero-order valence-electron chi connectivity index (χ0n) is 20.8. The topological polar surface area (TPSA) is 100 Å². The van der Waals surface area contributed by atoms with Crippen molar-refractivity contribution in [1.29, 1.82) is 0 Å². The molecule has 1 fully saturated rings. The summed E-state index contributed by atoms with van der Waals surface area (Å²) in [6.45, 7) is 7.16. The number of nitrogens with one attached hydrogen (secondary N) is 2. The highest BCUT2D eigenvalue weighted by molar-refractivity contribution is 8.04. The van der Waals surface area contributed by atoms with Crippen LogP contribution in [-0.2, 0) is 0 Å². The number of thioether (sulfide) groups is 1. The van der Waals surface area contributed by atoms with Gasteiger partial charge in [-0.15, -0.1) is 0 Å². The van der Waals surface area contributed by atoms with Gasteiger partial charge in [0.2, 0.25) is 0 Å². The SMILES string of the molecule is C=N\C(C)=C(Sc1ccnc(NC)c1Cl)/C(=N/C=C\NC)N1CCC2(CC1)Oc1ccccc1C2N. The molecule has 2 aliphatic heterocycles. The Morgan fingerprint density at radius 1 is 1.31 bits per heavy atom. The molecular weight excluding hydrogens is 494 g/mol. The first-order valence-electron chi connectivity index (χ1n) is 11.8. The van der Waals surface area contributed by atoms with Crippen LogP contribution in [0.1, 0.15) is 31.4 Å². The molecule has 3 heterocycles. The van der Waals surface area contributed by atoms with Gasteiger partial charge in [0.1, 0.15) is 23.0 Å². The summed E-state index contributed by atoms with van der Waals surface area (Å²) in [5.41, 5.74) is 8.12. The molecule has 36 heavy (non-hydrogen) atoms. The Balaban J connectivity index is 1.63. The molecule has 1 spiro atoms. The molecule has 2 aromatic rings. The van der Waals surface area contributed by atoms with E-state index in [0.29, 0.717) is 10.8 Å². The number of likely N-dealkylation sites (tertiary alicyclic amines) is 1. The molecule has 0 aliphatic carbocycles. The smallest absolute Gasteiger partial charge is 0.145 e. The first kappa shape index (κ1) is 26.1. The Morgan fingerprint density at radius 2 is 2.06 bits per heavy atom. The third kappa shape index (κ3) is 5.09. The number of benzene rings is 1. The van der Waals surface area contributed by atoms with Crippen LogP contribution in [0.15, 0.2) is 74.4 Å². The largest absolute Gasteiger partial charge is 0.485 e. The summed E-state index contributed by atoms with van der Waals surface area (Å²) >= 11 is 8.14. The number of ether oxygens (including phenoxy) is 1. The molecule has 1 aromatic carbocycles. The molecule has 0 bridgehead atoms. The second-order valence-corrected chi connectivity index (χ2v) is 10.1. The number of hydrogen-bond donors (Lipinski definition) is 3. The molecular formula is C26H32ClN7OS. The van der Waals surface area contributed by atoms with E-state index in [2.05, 4.69) is 38.3 Å². The number of pyridine rings is 1. The molecule has 10 heteroatoms. The number of nitrogens with zero attached hydrogens (tertiary/aromatic N) is 4. The summed E-state index contributed by atoms with van der Waals surface area (Å²) in [6, 6.07) is 9.79. The summed E-state index contributed by atoms with van der Waals surface area (Å²) in [7, 11) is 3.63. The van der Waals surface area contributed by atoms with Gasteiger partial charge in [0.25, 0.3) is 0 Å². The molecule has 4 N–H and O–H groups in total. The van der Waals surface area contributed by atoms with E-state index < -0.39 is 5.60 Å². The van der Waals surface area contributed by atoms with Gasteiger partial charge in [-0.25, -0.2) is 9.98 Å². The van der Waals surface area contributed by atoms with Gasteiger partial charge in [-0.05, 0) is 25.8 Å². The predicted octanol–water partition coefficient (Wildman–Crippen LogP) is 4.82. The number of anilines is 1. The maximum absolute atomic E-state index is 6.70. The molecule has 8 nitrogen and oxygen atoms in total. The standard InChI is InChI=1S/C26H32ClN7OS/c1-17(30-3)22(36-20-9-12-32-24(31-4)21(20)27)25(33-14-13-29-2)34-15-10-26(11-16-34)23(28)18-7-5-6-8-19(18)35-26/h5-9,12-14,23,29H,3,10-11,15-16,28H2,1-2,4H3,(H,31,32)/b14-13-,22-17+,33-25-. The van der Waals surface area contributed by atoms with Crippen LogP contribution in [0.4, 0.5) is 5.82 Å². The van der Waals surface area contributed by atoms with E-state index in [1.165, 1.54) is 11.8 Å². The van der Waals surface area contributed by atoms with Crippen LogP contribution < -0.4 is 21.1 Å². The Labute approximate surface area is 221 Å². The number of allylic oxidation sites excluding steroid dienone is 1. The van der Waals surface area contributed by atoms with Crippen LogP contribution in [-0.4, -0.2) is 55.2 Å². The van der Waals surface area contributed by atoms with Crippen molar-refractivity contribution < 1.29 is 4.74 Å². The first-order chi connectivity index (χ1) is 17.4. The van der Waals surface area contributed by atoms with Crippen molar-refractivity contribution in [2.75, 3.05) is 32.5 Å².